The average molecular weight is 585 g/mol. The Kier molecular flexibility index (Phi) is 9.41. The van der Waals surface area contributed by atoms with Crippen molar-refractivity contribution >= 4 is 33.9 Å². The monoisotopic (exact) mass is 584 g/mol. The highest BCUT2D eigenvalue weighted by Crippen LogP contribution is 2.30. The van der Waals surface area contributed by atoms with Crippen LogP contribution < -0.4 is 4.74 Å². The van der Waals surface area contributed by atoms with E-state index < -0.39 is 34.2 Å². The van der Waals surface area contributed by atoms with Crippen LogP contribution >= 0.6 is 0 Å². The lowest BCUT2D eigenvalue weighted by Crippen LogP contribution is -2.52. The van der Waals surface area contributed by atoms with Gasteiger partial charge in [0.1, 0.15) is 12.4 Å². The van der Waals surface area contributed by atoms with E-state index in [1.54, 1.807) is 36.4 Å². The molecular weight excluding hydrogens is 557 g/mol. The first-order chi connectivity index (χ1) is 19.5. The van der Waals surface area contributed by atoms with E-state index >= 15 is 0 Å². The second kappa shape index (κ2) is 13.0. The van der Waals surface area contributed by atoms with Crippen molar-refractivity contribution in [1.29, 1.82) is 0 Å². The number of carbonyl (C=O) groups is 2. The molecule has 0 radical (unpaired) electrons. The summed E-state index contributed by atoms with van der Waals surface area (Å²) in [7, 11) is -4.12. The first kappa shape index (κ1) is 29.8. The molecule has 3 aromatic rings. The van der Waals surface area contributed by atoms with Gasteiger partial charge in [-0.3, -0.25) is 9.59 Å². The van der Waals surface area contributed by atoms with Gasteiger partial charge in [-0.25, -0.2) is 8.42 Å². The average Bonchev–Trinajstić information content (AvgIpc) is 2.96. The number of nitrogens with zero attached hydrogens (tertiary/aromatic N) is 2. The van der Waals surface area contributed by atoms with Gasteiger partial charge in [-0.05, 0) is 59.7 Å². The molecule has 1 aliphatic rings. The van der Waals surface area contributed by atoms with Crippen molar-refractivity contribution in [3.63, 3.8) is 0 Å². The molecule has 7 nitrogen and oxygen atoms in total. The molecule has 3 aromatic carbocycles. The number of allylic oxidation sites excluding steroid dienone is 2. The van der Waals surface area contributed by atoms with Crippen molar-refractivity contribution in [3.05, 3.63) is 108 Å². The molecule has 1 saturated heterocycles. The highest BCUT2D eigenvalue weighted by Gasteiger charge is 2.34. The first-order valence-electron chi connectivity index (χ1n) is 12.7. The molecule has 0 unspecified atom stereocenters. The van der Waals surface area contributed by atoms with Gasteiger partial charge in [-0.2, -0.15) is 17.5 Å². The lowest BCUT2D eigenvalue weighted by molar-refractivity contribution is -0.137. The summed E-state index contributed by atoms with van der Waals surface area (Å²) in [6.07, 6.45) is 1.82. The maximum atomic E-state index is 12.8. The minimum atomic E-state index is -4.58. The Labute approximate surface area is 236 Å². The van der Waals surface area contributed by atoms with Gasteiger partial charge in [0.05, 0.1) is 23.5 Å². The highest BCUT2D eigenvalue weighted by atomic mass is 32.2. The lowest BCUT2D eigenvalue weighted by atomic mass is 10.1. The van der Waals surface area contributed by atoms with E-state index in [0.717, 1.165) is 27.6 Å². The van der Waals surface area contributed by atoms with Gasteiger partial charge in [0.2, 0.25) is 15.9 Å². The van der Waals surface area contributed by atoms with E-state index in [1.165, 1.54) is 17.1 Å². The Balaban J connectivity index is 1.23. The number of rotatable bonds is 10. The molecule has 0 aliphatic carbocycles. The summed E-state index contributed by atoms with van der Waals surface area (Å²) >= 11 is 0. The Morgan fingerprint density at radius 1 is 0.854 bits per heavy atom. The van der Waals surface area contributed by atoms with Crippen molar-refractivity contribution in [2.24, 2.45) is 0 Å². The molecule has 214 valence electrons. The zero-order chi connectivity index (χ0) is 29.5. The van der Waals surface area contributed by atoms with Crippen molar-refractivity contribution in [3.8, 4) is 5.75 Å². The fourth-order valence-electron chi connectivity index (χ4n) is 4.02. The number of ether oxygens (including phenoxy) is 1. The van der Waals surface area contributed by atoms with Gasteiger partial charge < -0.3 is 9.64 Å². The minimum absolute atomic E-state index is 0.00931. The van der Waals surface area contributed by atoms with Crippen LogP contribution in [-0.2, 0) is 25.8 Å². The number of ketones is 1. The third-order valence-electron chi connectivity index (χ3n) is 6.29. The zero-order valence-corrected chi connectivity index (χ0v) is 22.6. The fraction of sp³-hybridized carbons (Fsp3) is 0.200. The van der Waals surface area contributed by atoms with Crippen molar-refractivity contribution in [1.82, 2.24) is 9.21 Å². The van der Waals surface area contributed by atoms with E-state index in [1.807, 2.05) is 30.3 Å². The predicted molar refractivity (Wildman–Crippen MR) is 148 cm³/mol. The Morgan fingerprint density at radius 2 is 1.46 bits per heavy atom. The number of hydrogen-bond acceptors (Lipinski definition) is 5. The van der Waals surface area contributed by atoms with Crippen LogP contribution in [0.4, 0.5) is 13.2 Å². The van der Waals surface area contributed by atoms with Gasteiger partial charge in [0.15, 0.2) is 5.78 Å². The van der Waals surface area contributed by atoms with Gasteiger partial charge in [0, 0.05) is 13.1 Å². The van der Waals surface area contributed by atoms with E-state index in [9.17, 15) is 31.2 Å². The molecule has 1 aliphatic heterocycles. The minimum Gasteiger partial charge on any atom is -0.492 e. The summed E-state index contributed by atoms with van der Waals surface area (Å²) in [5.74, 6) is -0.0127. The molecule has 0 spiro atoms. The molecule has 0 atom stereocenters. The normalized spacial score (nSPS) is 15.1. The number of piperazine rings is 1. The van der Waals surface area contributed by atoms with Crippen LogP contribution in [0.5, 0.6) is 5.75 Å². The number of halogens is 3. The third kappa shape index (κ3) is 8.15. The van der Waals surface area contributed by atoms with Crippen LogP contribution in [0.1, 0.15) is 16.7 Å². The summed E-state index contributed by atoms with van der Waals surface area (Å²) < 4.78 is 70.7. The number of carbonyl (C=O) groups excluding carboxylic acids is 2. The largest absolute Gasteiger partial charge is 0.492 e. The van der Waals surface area contributed by atoms with E-state index in [0.29, 0.717) is 17.9 Å². The standard InChI is InChI=1S/C30H27F3N2O5S/c31-30(32,33)25-10-16-28(17-11-25)41(38,39)35-19-18-34(29(37)22-35)20-21-40-27-14-8-24(9-15-27)7-13-26(36)12-6-23-4-2-1-3-5-23/h1-17H,18-22H2. The van der Waals surface area contributed by atoms with Crippen LogP contribution in [0.15, 0.2) is 95.9 Å². The Hall–Kier alpha value is -4.22. The molecule has 1 amide bonds. The molecule has 1 heterocycles. The van der Waals surface area contributed by atoms with E-state index in [2.05, 4.69) is 0 Å². The molecule has 41 heavy (non-hydrogen) atoms. The van der Waals surface area contributed by atoms with Gasteiger partial charge >= 0.3 is 6.18 Å². The summed E-state index contributed by atoms with van der Waals surface area (Å²) in [6, 6.07) is 19.7. The molecule has 0 N–H and O–H groups in total. The maximum absolute atomic E-state index is 12.8. The second-order valence-electron chi connectivity index (χ2n) is 9.14. The maximum Gasteiger partial charge on any atom is 0.416 e. The van der Waals surface area contributed by atoms with Gasteiger partial charge in [0.25, 0.3) is 0 Å². The summed E-state index contributed by atoms with van der Waals surface area (Å²) in [5, 5.41) is 0. The lowest BCUT2D eigenvalue weighted by Gasteiger charge is -2.33. The van der Waals surface area contributed by atoms with E-state index in [4.69, 9.17) is 4.74 Å². The number of alkyl halides is 3. The van der Waals surface area contributed by atoms with Crippen molar-refractivity contribution in [2.45, 2.75) is 11.1 Å². The third-order valence-corrected chi connectivity index (χ3v) is 8.15. The Morgan fingerprint density at radius 3 is 2.05 bits per heavy atom. The zero-order valence-electron chi connectivity index (χ0n) is 21.8. The molecule has 4 rings (SSSR count). The van der Waals surface area contributed by atoms with Crippen molar-refractivity contribution in [2.75, 3.05) is 32.8 Å². The summed E-state index contributed by atoms with van der Waals surface area (Å²) in [4.78, 5) is 25.8. The van der Waals surface area contributed by atoms with Crippen LogP contribution in [0, 0.1) is 0 Å². The Bertz CT molecular complexity index is 1520. The van der Waals surface area contributed by atoms with Gasteiger partial charge in [-0.1, -0.05) is 54.6 Å². The molecule has 0 saturated carbocycles. The van der Waals surface area contributed by atoms with Crippen LogP contribution in [0.3, 0.4) is 0 Å². The SMILES string of the molecule is O=C(C=Cc1ccccc1)C=Cc1ccc(OCCN2CCN(S(=O)(=O)c3ccc(C(F)(F)F)cc3)CC2=O)cc1. The second-order valence-corrected chi connectivity index (χ2v) is 11.1. The van der Waals surface area contributed by atoms with Gasteiger partial charge in [-0.15, -0.1) is 0 Å². The number of benzene rings is 3. The molecule has 0 bridgehead atoms. The predicted octanol–water partition coefficient (Wildman–Crippen LogP) is 4.91. The topological polar surface area (TPSA) is 84.0 Å². The van der Waals surface area contributed by atoms with Crippen LogP contribution in [0.2, 0.25) is 0 Å². The molecular formula is C30H27F3N2O5S. The fourth-order valence-corrected chi connectivity index (χ4v) is 5.40. The quantitative estimate of drug-likeness (QED) is 0.316. The summed E-state index contributed by atoms with van der Waals surface area (Å²) in [5.41, 5.74) is 0.785. The van der Waals surface area contributed by atoms with Crippen LogP contribution in [0.25, 0.3) is 12.2 Å². The van der Waals surface area contributed by atoms with E-state index in [-0.39, 0.29) is 36.9 Å². The number of sulfonamides is 1. The summed E-state index contributed by atoms with van der Waals surface area (Å²) in [6.45, 7) is 0.129. The smallest absolute Gasteiger partial charge is 0.416 e. The van der Waals surface area contributed by atoms with Crippen molar-refractivity contribution < 1.29 is 35.9 Å². The first-order valence-corrected chi connectivity index (χ1v) is 14.1. The number of hydrogen-bond donors (Lipinski definition) is 0. The highest BCUT2D eigenvalue weighted by molar-refractivity contribution is 7.89. The molecule has 0 aromatic heterocycles. The number of amides is 1. The molecule has 1 fully saturated rings. The van der Waals surface area contributed by atoms with Crippen LogP contribution in [-0.4, -0.2) is 62.1 Å². The molecule has 11 heteroatoms.